The van der Waals surface area contributed by atoms with E-state index in [2.05, 4.69) is 20.1 Å². The highest BCUT2D eigenvalue weighted by Crippen LogP contribution is 2.15. The van der Waals surface area contributed by atoms with Gasteiger partial charge in [-0.3, -0.25) is 4.79 Å². The molecule has 0 aliphatic carbocycles. The minimum atomic E-state index is -0.0742. The van der Waals surface area contributed by atoms with Gasteiger partial charge in [0.1, 0.15) is 12.7 Å². The van der Waals surface area contributed by atoms with E-state index in [1.54, 1.807) is 54.1 Å². The largest absolute Gasteiger partial charge is 0.337 e. The Kier molecular flexibility index (Phi) is 3.92. The van der Waals surface area contributed by atoms with Crippen molar-refractivity contribution in [3.8, 4) is 5.82 Å². The van der Waals surface area contributed by atoms with Gasteiger partial charge in [-0.25, -0.2) is 19.6 Å². The maximum atomic E-state index is 12.5. The minimum Gasteiger partial charge on any atom is -0.337 e. The molecule has 0 aromatic carbocycles. The Hall–Kier alpha value is -2.61. The Balaban J connectivity index is 1.78. The van der Waals surface area contributed by atoms with Crippen LogP contribution < -0.4 is 0 Å². The van der Waals surface area contributed by atoms with Gasteiger partial charge in [0.05, 0.1) is 11.6 Å². The third-order valence-electron chi connectivity index (χ3n) is 3.05. The first-order chi connectivity index (χ1) is 10.6. The zero-order chi connectivity index (χ0) is 15.5. The molecule has 22 heavy (non-hydrogen) atoms. The predicted molar refractivity (Wildman–Crippen MR) is 81.8 cm³/mol. The molecule has 0 fully saturated rings. The number of carbonyl (C=O) groups excluding carboxylic acids is 1. The monoisotopic (exact) mass is 314 g/mol. The van der Waals surface area contributed by atoms with E-state index in [4.69, 9.17) is 0 Å². The number of carbonyl (C=O) groups is 1. The normalized spacial score (nSPS) is 10.6. The van der Waals surface area contributed by atoms with E-state index in [0.717, 1.165) is 9.88 Å². The van der Waals surface area contributed by atoms with Crippen molar-refractivity contribution in [2.24, 2.45) is 0 Å². The number of aryl methyl sites for hydroxylation is 1. The fraction of sp³-hybridized carbons (Fsp3) is 0.214. The second kappa shape index (κ2) is 6.02. The van der Waals surface area contributed by atoms with E-state index in [1.807, 2.05) is 6.92 Å². The molecule has 112 valence electrons. The van der Waals surface area contributed by atoms with Crippen LogP contribution in [0.15, 0.2) is 37.2 Å². The average Bonchev–Trinajstić information content (AvgIpc) is 3.18. The Morgan fingerprint density at radius 3 is 2.95 bits per heavy atom. The summed E-state index contributed by atoms with van der Waals surface area (Å²) in [7, 11) is 1.77. The molecule has 0 radical (unpaired) electrons. The van der Waals surface area contributed by atoms with Gasteiger partial charge in [-0.2, -0.15) is 5.10 Å². The molecule has 3 rings (SSSR count). The van der Waals surface area contributed by atoms with Crippen LogP contribution >= 0.6 is 11.3 Å². The molecular formula is C14H14N6OS. The van der Waals surface area contributed by atoms with Gasteiger partial charge < -0.3 is 4.90 Å². The van der Waals surface area contributed by atoms with Crippen LogP contribution in [0.25, 0.3) is 5.82 Å². The summed E-state index contributed by atoms with van der Waals surface area (Å²) in [5, 5.41) is 5.01. The van der Waals surface area contributed by atoms with Crippen LogP contribution in [-0.2, 0) is 6.54 Å². The molecule has 0 bridgehead atoms. The molecule has 0 aliphatic rings. The van der Waals surface area contributed by atoms with Crippen molar-refractivity contribution in [1.82, 2.24) is 29.6 Å². The van der Waals surface area contributed by atoms with Crippen LogP contribution in [0.2, 0.25) is 0 Å². The van der Waals surface area contributed by atoms with E-state index in [0.29, 0.717) is 17.9 Å². The quantitative estimate of drug-likeness (QED) is 0.732. The Labute approximate surface area is 131 Å². The van der Waals surface area contributed by atoms with Crippen LogP contribution in [0.4, 0.5) is 0 Å². The van der Waals surface area contributed by atoms with Crippen LogP contribution in [0.3, 0.4) is 0 Å². The number of amides is 1. The number of rotatable bonds is 4. The standard InChI is InChI=1S/C14H14N6OS/c1-10-17-6-12(22-10)7-19(2)14(21)11-3-4-16-13(5-11)20-9-15-8-18-20/h3-6,8-9H,7H2,1-2H3. The molecule has 3 aromatic heterocycles. The molecule has 8 heteroatoms. The average molecular weight is 314 g/mol. The van der Waals surface area contributed by atoms with Gasteiger partial charge in [0.15, 0.2) is 5.82 Å². The van der Waals surface area contributed by atoms with Crippen molar-refractivity contribution in [1.29, 1.82) is 0 Å². The highest BCUT2D eigenvalue weighted by molar-refractivity contribution is 7.11. The number of aromatic nitrogens is 5. The van der Waals surface area contributed by atoms with Crippen molar-refractivity contribution in [3.05, 3.63) is 52.6 Å². The fourth-order valence-corrected chi connectivity index (χ4v) is 2.86. The smallest absolute Gasteiger partial charge is 0.254 e. The molecular weight excluding hydrogens is 300 g/mol. The molecule has 0 saturated heterocycles. The lowest BCUT2D eigenvalue weighted by Gasteiger charge is -2.16. The predicted octanol–water partition coefficient (Wildman–Crippen LogP) is 1.70. The van der Waals surface area contributed by atoms with Gasteiger partial charge in [-0.15, -0.1) is 11.3 Å². The van der Waals surface area contributed by atoms with E-state index in [-0.39, 0.29) is 5.91 Å². The van der Waals surface area contributed by atoms with E-state index >= 15 is 0 Å². The summed E-state index contributed by atoms with van der Waals surface area (Å²) >= 11 is 1.59. The maximum absolute atomic E-state index is 12.5. The van der Waals surface area contributed by atoms with Gasteiger partial charge in [0.25, 0.3) is 5.91 Å². The third-order valence-corrected chi connectivity index (χ3v) is 3.95. The molecule has 7 nitrogen and oxygen atoms in total. The molecule has 0 aliphatic heterocycles. The van der Waals surface area contributed by atoms with Gasteiger partial charge in [0, 0.05) is 29.9 Å². The van der Waals surface area contributed by atoms with E-state index in [9.17, 15) is 4.79 Å². The summed E-state index contributed by atoms with van der Waals surface area (Å²) in [6, 6.07) is 3.39. The molecule has 1 amide bonds. The highest BCUT2D eigenvalue weighted by atomic mass is 32.1. The lowest BCUT2D eigenvalue weighted by Crippen LogP contribution is -2.26. The van der Waals surface area contributed by atoms with Gasteiger partial charge in [-0.05, 0) is 19.1 Å². The second-order valence-electron chi connectivity index (χ2n) is 4.75. The van der Waals surface area contributed by atoms with Crippen molar-refractivity contribution in [2.75, 3.05) is 7.05 Å². The van der Waals surface area contributed by atoms with Crippen molar-refractivity contribution in [3.63, 3.8) is 0 Å². The second-order valence-corrected chi connectivity index (χ2v) is 6.07. The number of thiazole rings is 1. The van der Waals surface area contributed by atoms with Gasteiger partial charge in [-0.1, -0.05) is 0 Å². The number of pyridine rings is 1. The molecule has 0 atom stereocenters. The van der Waals surface area contributed by atoms with Crippen molar-refractivity contribution in [2.45, 2.75) is 13.5 Å². The zero-order valence-electron chi connectivity index (χ0n) is 12.2. The molecule has 0 saturated carbocycles. The summed E-state index contributed by atoms with van der Waals surface area (Å²) in [5.74, 6) is 0.486. The molecule has 0 unspecified atom stereocenters. The maximum Gasteiger partial charge on any atom is 0.254 e. The summed E-state index contributed by atoms with van der Waals surface area (Å²) in [4.78, 5) is 27.5. The topological polar surface area (TPSA) is 76.8 Å². The van der Waals surface area contributed by atoms with Gasteiger partial charge in [0.2, 0.25) is 0 Å². The summed E-state index contributed by atoms with van der Waals surface area (Å²) in [6.07, 6.45) is 6.36. The highest BCUT2D eigenvalue weighted by Gasteiger charge is 2.14. The third kappa shape index (κ3) is 3.01. The Morgan fingerprint density at radius 2 is 2.27 bits per heavy atom. The first-order valence-electron chi connectivity index (χ1n) is 6.61. The molecule has 3 aromatic rings. The lowest BCUT2D eigenvalue weighted by molar-refractivity contribution is 0.0786. The lowest BCUT2D eigenvalue weighted by atomic mass is 10.2. The minimum absolute atomic E-state index is 0.0742. The molecule has 0 spiro atoms. The number of nitrogens with zero attached hydrogens (tertiary/aromatic N) is 6. The molecule has 0 N–H and O–H groups in total. The first-order valence-corrected chi connectivity index (χ1v) is 7.43. The zero-order valence-corrected chi connectivity index (χ0v) is 13.0. The van der Waals surface area contributed by atoms with E-state index in [1.165, 1.54) is 11.0 Å². The van der Waals surface area contributed by atoms with Crippen LogP contribution in [0.1, 0.15) is 20.2 Å². The van der Waals surface area contributed by atoms with Crippen LogP contribution in [0.5, 0.6) is 0 Å². The van der Waals surface area contributed by atoms with Crippen molar-refractivity contribution < 1.29 is 4.79 Å². The van der Waals surface area contributed by atoms with Crippen LogP contribution in [-0.4, -0.2) is 42.6 Å². The SMILES string of the molecule is Cc1ncc(CN(C)C(=O)c2ccnc(-n3cncn3)c2)s1. The number of hydrogen-bond acceptors (Lipinski definition) is 6. The molecule has 3 heterocycles. The summed E-state index contributed by atoms with van der Waals surface area (Å²) < 4.78 is 1.52. The van der Waals surface area contributed by atoms with Crippen molar-refractivity contribution >= 4 is 17.2 Å². The fourth-order valence-electron chi connectivity index (χ4n) is 2.01. The Bertz CT molecular complexity index is 782. The van der Waals surface area contributed by atoms with Crippen LogP contribution in [0, 0.1) is 6.92 Å². The number of hydrogen-bond donors (Lipinski definition) is 0. The first kappa shape index (κ1) is 14.3. The summed E-state index contributed by atoms with van der Waals surface area (Å²) in [6.45, 7) is 2.48. The van der Waals surface area contributed by atoms with E-state index < -0.39 is 0 Å². The Morgan fingerprint density at radius 1 is 1.41 bits per heavy atom. The summed E-state index contributed by atoms with van der Waals surface area (Å²) in [5.41, 5.74) is 0.559. The van der Waals surface area contributed by atoms with Gasteiger partial charge >= 0.3 is 0 Å².